The first-order valence-electron chi connectivity index (χ1n) is 8.14. The van der Waals surface area contributed by atoms with Gasteiger partial charge in [-0.3, -0.25) is 14.9 Å². The number of nitro benzene ring substituents is 1. The second-order valence-corrected chi connectivity index (χ2v) is 5.65. The third-order valence-electron chi connectivity index (χ3n) is 3.85. The minimum Gasteiger partial charge on any atom is -0.493 e. The lowest BCUT2D eigenvalue weighted by Gasteiger charge is -2.10. The summed E-state index contributed by atoms with van der Waals surface area (Å²) < 4.78 is 15.6. The fourth-order valence-corrected chi connectivity index (χ4v) is 2.70. The number of carbonyl (C=O) groups excluding carboxylic acids is 2. The number of hydrogen-bond acceptors (Lipinski definition) is 7. The summed E-state index contributed by atoms with van der Waals surface area (Å²) in [6.45, 7) is 4.75. The molecule has 0 amide bonds. The number of nitro groups is 1. The van der Waals surface area contributed by atoms with E-state index in [9.17, 15) is 19.7 Å². The lowest BCUT2D eigenvalue weighted by molar-refractivity contribution is -0.385. The van der Waals surface area contributed by atoms with Gasteiger partial charge >= 0.3 is 5.97 Å². The van der Waals surface area contributed by atoms with Gasteiger partial charge in [-0.15, -0.1) is 0 Å². The number of H-pyrrole nitrogens is 1. The summed E-state index contributed by atoms with van der Waals surface area (Å²) in [6.07, 6.45) is 0. The standard InChI is InChI=1S/C18H20N2O7/c1-5-26-18(22)17-11(3)19-10(2)16(17)13(21)9-27-15-8-12(20(23)24)6-7-14(15)25-4/h6-8,19H,5,9H2,1-4H3. The summed E-state index contributed by atoms with van der Waals surface area (Å²) in [5.74, 6) is -0.757. The Labute approximate surface area is 155 Å². The number of hydrogen-bond donors (Lipinski definition) is 1. The molecule has 0 radical (unpaired) electrons. The predicted octanol–water partition coefficient (Wildman–Crippen LogP) is 2.99. The molecule has 0 bridgehead atoms. The molecule has 0 aliphatic carbocycles. The average Bonchev–Trinajstić information content (AvgIpc) is 2.93. The number of ether oxygens (including phenoxy) is 3. The Balaban J connectivity index is 2.28. The van der Waals surface area contributed by atoms with Crippen molar-refractivity contribution in [2.24, 2.45) is 0 Å². The summed E-state index contributed by atoms with van der Waals surface area (Å²) in [7, 11) is 1.38. The number of nitrogens with one attached hydrogen (secondary N) is 1. The molecule has 0 spiro atoms. The molecule has 0 saturated carbocycles. The maximum Gasteiger partial charge on any atom is 0.340 e. The fraction of sp³-hybridized carbons (Fsp3) is 0.333. The SMILES string of the molecule is CCOC(=O)c1c(C)[nH]c(C)c1C(=O)COc1cc([N+](=O)[O-])ccc1OC. The molecule has 0 saturated heterocycles. The van der Waals surface area contributed by atoms with Gasteiger partial charge in [0.25, 0.3) is 5.69 Å². The van der Waals surface area contributed by atoms with Gasteiger partial charge in [0, 0.05) is 17.5 Å². The summed E-state index contributed by atoms with van der Waals surface area (Å²) in [4.78, 5) is 38.1. The van der Waals surface area contributed by atoms with Gasteiger partial charge in [-0.05, 0) is 26.8 Å². The molecule has 0 fully saturated rings. The number of rotatable bonds is 8. The number of benzene rings is 1. The molecule has 0 aliphatic heterocycles. The summed E-state index contributed by atoms with van der Waals surface area (Å²) in [5.41, 5.74) is 1.17. The minimum absolute atomic E-state index is 0.0580. The number of aromatic amines is 1. The van der Waals surface area contributed by atoms with Gasteiger partial charge in [-0.25, -0.2) is 4.79 Å². The monoisotopic (exact) mass is 376 g/mol. The smallest absolute Gasteiger partial charge is 0.340 e. The second-order valence-electron chi connectivity index (χ2n) is 5.65. The van der Waals surface area contributed by atoms with Gasteiger partial charge in [0.2, 0.25) is 5.78 Å². The molecule has 0 aliphatic rings. The van der Waals surface area contributed by atoms with Crippen LogP contribution >= 0.6 is 0 Å². The molecular formula is C18H20N2O7. The van der Waals surface area contributed by atoms with Crippen molar-refractivity contribution >= 4 is 17.4 Å². The number of ketones is 1. The highest BCUT2D eigenvalue weighted by molar-refractivity contribution is 6.08. The van der Waals surface area contributed by atoms with Crippen LogP contribution < -0.4 is 9.47 Å². The summed E-state index contributed by atoms with van der Waals surface area (Å²) in [5, 5.41) is 10.9. The van der Waals surface area contributed by atoms with Crippen molar-refractivity contribution in [1.29, 1.82) is 0 Å². The van der Waals surface area contributed by atoms with Gasteiger partial charge in [-0.1, -0.05) is 0 Å². The van der Waals surface area contributed by atoms with E-state index in [1.54, 1.807) is 20.8 Å². The van der Waals surface area contributed by atoms with Crippen LogP contribution in [0, 0.1) is 24.0 Å². The molecule has 144 valence electrons. The van der Waals surface area contributed by atoms with Crippen LogP contribution in [-0.2, 0) is 4.74 Å². The van der Waals surface area contributed by atoms with E-state index in [0.29, 0.717) is 11.4 Å². The maximum atomic E-state index is 12.7. The van der Waals surface area contributed by atoms with Crippen molar-refractivity contribution in [3.63, 3.8) is 0 Å². The molecule has 2 rings (SSSR count). The van der Waals surface area contributed by atoms with Crippen LogP contribution in [0.2, 0.25) is 0 Å². The number of esters is 1. The summed E-state index contributed by atoms with van der Waals surface area (Å²) in [6, 6.07) is 3.83. The number of nitrogens with zero attached hydrogens (tertiary/aromatic N) is 1. The molecule has 1 aromatic heterocycles. The van der Waals surface area contributed by atoms with E-state index >= 15 is 0 Å². The molecule has 0 atom stereocenters. The van der Waals surface area contributed by atoms with Crippen LogP contribution in [-0.4, -0.2) is 42.0 Å². The van der Waals surface area contributed by atoms with E-state index in [-0.39, 0.29) is 34.9 Å². The molecule has 9 heteroatoms. The van der Waals surface area contributed by atoms with Crippen molar-refractivity contribution in [2.45, 2.75) is 20.8 Å². The molecular weight excluding hydrogens is 356 g/mol. The molecule has 9 nitrogen and oxygen atoms in total. The number of methoxy groups -OCH3 is 1. The molecule has 1 N–H and O–H groups in total. The summed E-state index contributed by atoms with van der Waals surface area (Å²) >= 11 is 0. The van der Waals surface area contributed by atoms with E-state index in [4.69, 9.17) is 14.2 Å². The van der Waals surface area contributed by atoms with Gasteiger partial charge in [-0.2, -0.15) is 0 Å². The van der Waals surface area contributed by atoms with Crippen LogP contribution in [0.1, 0.15) is 39.0 Å². The topological polar surface area (TPSA) is 121 Å². The zero-order chi connectivity index (χ0) is 20.1. The van der Waals surface area contributed by atoms with E-state index in [2.05, 4.69) is 4.98 Å². The van der Waals surface area contributed by atoms with Gasteiger partial charge in [0.15, 0.2) is 18.1 Å². The zero-order valence-corrected chi connectivity index (χ0v) is 15.5. The van der Waals surface area contributed by atoms with Gasteiger partial charge < -0.3 is 19.2 Å². The predicted molar refractivity (Wildman–Crippen MR) is 95.7 cm³/mol. The Morgan fingerprint density at radius 1 is 1.15 bits per heavy atom. The Bertz CT molecular complexity index is 886. The van der Waals surface area contributed by atoms with Crippen molar-refractivity contribution in [2.75, 3.05) is 20.3 Å². The maximum absolute atomic E-state index is 12.7. The number of non-ortho nitro benzene ring substituents is 1. The van der Waals surface area contributed by atoms with Crippen molar-refractivity contribution in [1.82, 2.24) is 4.98 Å². The van der Waals surface area contributed by atoms with Crippen molar-refractivity contribution in [3.05, 3.63) is 50.8 Å². The van der Waals surface area contributed by atoms with Crippen molar-refractivity contribution in [3.8, 4) is 11.5 Å². The van der Waals surface area contributed by atoms with Crippen LogP contribution in [0.15, 0.2) is 18.2 Å². The van der Waals surface area contributed by atoms with E-state index in [1.807, 2.05) is 0 Å². The van der Waals surface area contributed by atoms with Crippen LogP contribution in [0.25, 0.3) is 0 Å². The highest BCUT2D eigenvalue weighted by atomic mass is 16.6. The van der Waals surface area contributed by atoms with E-state index in [1.165, 1.54) is 25.3 Å². The minimum atomic E-state index is -0.601. The van der Waals surface area contributed by atoms with Gasteiger partial charge in [0.05, 0.1) is 35.8 Å². The van der Waals surface area contributed by atoms with E-state index < -0.39 is 23.3 Å². The number of Topliss-reactive ketones (excluding diaryl/α,β-unsaturated/α-hetero) is 1. The lowest BCUT2D eigenvalue weighted by atomic mass is 10.1. The molecule has 1 aromatic carbocycles. The fourth-order valence-electron chi connectivity index (χ4n) is 2.70. The average molecular weight is 376 g/mol. The number of aryl methyl sites for hydroxylation is 2. The van der Waals surface area contributed by atoms with Gasteiger partial charge in [0.1, 0.15) is 0 Å². The zero-order valence-electron chi connectivity index (χ0n) is 15.5. The van der Waals surface area contributed by atoms with E-state index in [0.717, 1.165) is 0 Å². The first kappa shape index (κ1) is 20.0. The lowest BCUT2D eigenvalue weighted by Crippen LogP contribution is -2.17. The third-order valence-corrected chi connectivity index (χ3v) is 3.85. The number of carbonyl (C=O) groups is 2. The van der Waals surface area contributed by atoms with Crippen LogP contribution in [0.3, 0.4) is 0 Å². The molecule has 0 unspecified atom stereocenters. The second kappa shape index (κ2) is 8.35. The Morgan fingerprint density at radius 2 is 1.81 bits per heavy atom. The molecule has 2 aromatic rings. The largest absolute Gasteiger partial charge is 0.493 e. The third kappa shape index (κ3) is 4.25. The normalized spacial score (nSPS) is 10.4. The Hall–Kier alpha value is -3.36. The molecule has 1 heterocycles. The Morgan fingerprint density at radius 3 is 2.41 bits per heavy atom. The van der Waals surface area contributed by atoms with Crippen LogP contribution in [0.4, 0.5) is 5.69 Å². The highest BCUT2D eigenvalue weighted by Gasteiger charge is 2.26. The molecule has 27 heavy (non-hydrogen) atoms. The highest BCUT2D eigenvalue weighted by Crippen LogP contribution is 2.31. The van der Waals surface area contributed by atoms with Crippen molar-refractivity contribution < 1.29 is 28.7 Å². The quantitative estimate of drug-likeness (QED) is 0.325. The Kier molecular flexibility index (Phi) is 6.17. The van der Waals surface area contributed by atoms with Crippen LogP contribution in [0.5, 0.6) is 11.5 Å². The first-order chi connectivity index (χ1) is 12.8. The first-order valence-corrected chi connectivity index (χ1v) is 8.14. The number of aromatic nitrogens is 1.